The van der Waals surface area contributed by atoms with E-state index in [1.54, 1.807) is 0 Å². The summed E-state index contributed by atoms with van der Waals surface area (Å²) in [4.78, 5) is 0. The van der Waals surface area contributed by atoms with E-state index in [-0.39, 0.29) is 6.42 Å². The molecule has 0 aromatic heterocycles. The number of hydrogen-bond donors (Lipinski definition) is 11. The highest BCUT2D eigenvalue weighted by atomic mass is 16.7. The SMILES string of the molecule is N[C@@H]1[C@@H](O)[C@@H](O[C@H]2[C@H](O)[C@@H](O[C@H]3O[C@H](CO)[C@@H](O)[C@H](O)[C@H]3N)[C@H](N)C[C@@H]2N)O[C@H](CO)[C@H]1O. The Morgan fingerprint density at radius 2 is 1.09 bits per heavy atom. The molecule has 2 saturated heterocycles. The maximum atomic E-state index is 11.0. The van der Waals surface area contributed by atoms with E-state index in [0.29, 0.717) is 0 Å². The largest absolute Gasteiger partial charge is 0.394 e. The zero-order valence-electron chi connectivity index (χ0n) is 17.9. The molecule has 33 heavy (non-hydrogen) atoms. The summed E-state index contributed by atoms with van der Waals surface area (Å²) >= 11 is 0. The number of nitrogens with two attached hydrogens (primary N) is 4. The van der Waals surface area contributed by atoms with Gasteiger partial charge in [-0.1, -0.05) is 0 Å². The van der Waals surface area contributed by atoms with Gasteiger partial charge in [0.1, 0.15) is 54.9 Å². The van der Waals surface area contributed by atoms with Gasteiger partial charge in [0, 0.05) is 12.1 Å². The van der Waals surface area contributed by atoms with Crippen LogP contribution in [0.15, 0.2) is 0 Å². The molecule has 15 nitrogen and oxygen atoms in total. The molecule has 3 aliphatic rings. The van der Waals surface area contributed by atoms with Gasteiger partial charge in [-0.3, -0.25) is 0 Å². The lowest BCUT2D eigenvalue weighted by molar-refractivity contribution is -0.320. The molecule has 3 rings (SSSR count). The number of aliphatic hydroxyl groups is 7. The van der Waals surface area contributed by atoms with Crippen molar-refractivity contribution in [1.29, 1.82) is 0 Å². The molecule has 3 fully saturated rings. The normalized spacial score (nSPS) is 53.7. The molecule has 0 amide bonds. The van der Waals surface area contributed by atoms with Crippen LogP contribution in [0.4, 0.5) is 0 Å². The van der Waals surface area contributed by atoms with E-state index in [9.17, 15) is 35.7 Å². The summed E-state index contributed by atoms with van der Waals surface area (Å²) in [5.74, 6) is 0. The standard InChI is InChI=1S/C18H36N4O11/c19-4-1-5(20)16(33-18-13(28)8(21)10(25)6(2-23)31-18)14(29)15(4)32-17-9(22)12(27)11(26)7(3-24)30-17/h4-18,23-29H,1-3,19-22H2/t4-,5+,6-,7-,8+,9-,10-,11-,12-,13-,14-,15+,16-,17-,18-/m1/s1. The summed E-state index contributed by atoms with van der Waals surface area (Å²) in [5.41, 5.74) is 23.9. The van der Waals surface area contributed by atoms with Gasteiger partial charge in [-0.05, 0) is 6.42 Å². The lowest BCUT2D eigenvalue weighted by Crippen LogP contribution is -2.69. The van der Waals surface area contributed by atoms with E-state index in [2.05, 4.69) is 0 Å². The molecule has 0 aromatic rings. The highest BCUT2D eigenvalue weighted by Crippen LogP contribution is 2.30. The minimum Gasteiger partial charge on any atom is -0.394 e. The van der Waals surface area contributed by atoms with Crippen LogP contribution in [0.2, 0.25) is 0 Å². The number of hydrogen-bond acceptors (Lipinski definition) is 15. The first kappa shape index (κ1) is 27.0. The molecule has 15 N–H and O–H groups in total. The van der Waals surface area contributed by atoms with Crippen LogP contribution in [0.25, 0.3) is 0 Å². The highest BCUT2D eigenvalue weighted by Gasteiger charge is 2.51. The predicted octanol–water partition coefficient (Wildman–Crippen LogP) is -7.29. The molecule has 0 radical (unpaired) electrons. The predicted molar refractivity (Wildman–Crippen MR) is 108 cm³/mol. The van der Waals surface area contributed by atoms with E-state index in [4.69, 9.17) is 41.9 Å². The van der Waals surface area contributed by atoms with Crippen molar-refractivity contribution in [3.8, 4) is 0 Å². The van der Waals surface area contributed by atoms with Gasteiger partial charge < -0.3 is 77.6 Å². The van der Waals surface area contributed by atoms with E-state index in [1.807, 2.05) is 0 Å². The van der Waals surface area contributed by atoms with Gasteiger partial charge in [0.05, 0.1) is 25.3 Å². The van der Waals surface area contributed by atoms with Gasteiger partial charge in [0.25, 0.3) is 0 Å². The summed E-state index contributed by atoms with van der Waals surface area (Å²) < 4.78 is 22.3. The van der Waals surface area contributed by atoms with Crippen LogP contribution < -0.4 is 22.9 Å². The second-order valence-corrected chi connectivity index (χ2v) is 8.82. The summed E-state index contributed by atoms with van der Waals surface area (Å²) in [6.07, 6.45) is -14.5. The van der Waals surface area contributed by atoms with Crippen molar-refractivity contribution in [3.05, 3.63) is 0 Å². The second-order valence-electron chi connectivity index (χ2n) is 8.82. The number of aliphatic hydroxyl groups excluding tert-OH is 7. The zero-order valence-corrected chi connectivity index (χ0v) is 17.9. The molecule has 0 aromatic carbocycles. The number of ether oxygens (including phenoxy) is 4. The Labute approximate surface area is 189 Å². The fraction of sp³-hybridized carbons (Fsp3) is 1.00. The molecule has 194 valence electrons. The van der Waals surface area contributed by atoms with Crippen LogP contribution in [0.1, 0.15) is 6.42 Å². The first-order chi connectivity index (χ1) is 15.5. The average molecular weight is 485 g/mol. The molecule has 2 heterocycles. The minimum absolute atomic E-state index is 0.101. The minimum atomic E-state index is -1.49. The van der Waals surface area contributed by atoms with Crippen molar-refractivity contribution in [2.24, 2.45) is 22.9 Å². The fourth-order valence-electron chi connectivity index (χ4n) is 4.40. The van der Waals surface area contributed by atoms with Crippen LogP contribution >= 0.6 is 0 Å². The third-order valence-corrected chi connectivity index (χ3v) is 6.51. The molecule has 1 saturated carbocycles. The van der Waals surface area contributed by atoms with Gasteiger partial charge in [-0.2, -0.15) is 0 Å². The molecule has 0 bridgehead atoms. The first-order valence-corrected chi connectivity index (χ1v) is 10.8. The lowest BCUT2D eigenvalue weighted by Gasteiger charge is -2.48. The van der Waals surface area contributed by atoms with Crippen LogP contribution in [0, 0.1) is 0 Å². The van der Waals surface area contributed by atoms with Crippen molar-refractivity contribution in [2.45, 2.75) is 98.1 Å². The fourth-order valence-corrected chi connectivity index (χ4v) is 4.40. The number of rotatable bonds is 6. The van der Waals surface area contributed by atoms with Gasteiger partial charge in [0.15, 0.2) is 12.6 Å². The van der Waals surface area contributed by atoms with Gasteiger partial charge in [-0.15, -0.1) is 0 Å². The van der Waals surface area contributed by atoms with Crippen LogP contribution in [-0.2, 0) is 18.9 Å². The molecule has 2 aliphatic heterocycles. The van der Waals surface area contributed by atoms with Crippen LogP contribution in [-0.4, -0.2) is 141 Å². The van der Waals surface area contributed by atoms with Gasteiger partial charge in [0.2, 0.25) is 0 Å². The molecular weight excluding hydrogens is 448 g/mol. The van der Waals surface area contributed by atoms with Gasteiger partial charge in [-0.25, -0.2) is 0 Å². The van der Waals surface area contributed by atoms with E-state index < -0.39 is 105 Å². The topological polar surface area (TPSA) is 283 Å². The Bertz CT molecular complexity index is 584. The zero-order chi connectivity index (χ0) is 24.6. The summed E-state index contributed by atoms with van der Waals surface area (Å²) in [5, 5.41) is 70.1. The highest BCUT2D eigenvalue weighted by molar-refractivity contribution is 5.01. The Morgan fingerprint density at radius 3 is 1.64 bits per heavy atom. The smallest absolute Gasteiger partial charge is 0.186 e. The Balaban J connectivity index is 1.72. The van der Waals surface area contributed by atoms with Crippen LogP contribution in [0.3, 0.4) is 0 Å². The average Bonchev–Trinajstić information content (AvgIpc) is 2.79. The van der Waals surface area contributed by atoms with Crippen molar-refractivity contribution < 1.29 is 54.7 Å². The molecule has 1 aliphatic carbocycles. The lowest BCUT2D eigenvalue weighted by atomic mass is 9.84. The third kappa shape index (κ3) is 5.32. The molecule has 15 heteroatoms. The van der Waals surface area contributed by atoms with Crippen LogP contribution in [0.5, 0.6) is 0 Å². The Morgan fingerprint density at radius 1 is 0.606 bits per heavy atom. The Kier molecular flexibility index (Phi) is 8.99. The van der Waals surface area contributed by atoms with E-state index >= 15 is 0 Å². The quantitative estimate of drug-likeness (QED) is 0.167. The van der Waals surface area contributed by atoms with Crippen molar-refractivity contribution in [2.75, 3.05) is 13.2 Å². The first-order valence-electron chi connectivity index (χ1n) is 10.8. The molecular formula is C18H36N4O11. The third-order valence-electron chi connectivity index (χ3n) is 6.51. The van der Waals surface area contributed by atoms with Crippen molar-refractivity contribution >= 4 is 0 Å². The molecule has 15 atom stereocenters. The van der Waals surface area contributed by atoms with Crippen molar-refractivity contribution in [1.82, 2.24) is 0 Å². The van der Waals surface area contributed by atoms with Crippen molar-refractivity contribution in [3.63, 3.8) is 0 Å². The molecule has 0 unspecified atom stereocenters. The summed E-state index contributed by atoms with van der Waals surface area (Å²) in [6, 6.07) is -4.04. The van der Waals surface area contributed by atoms with Gasteiger partial charge >= 0.3 is 0 Å². The van der Waals surface area contributed by atoms with E-state index in [0.717, 1.165) is 0 Å². The maximum absolute atomic E-state index is 11.0. The van der Waals surface area contributed by atoms with E-state index in [1.165, 1.54) is 0 Å². The molecule has 0 spiro atoms. The Hall–Kier alpha value is -0.600. The summed E-state index contributed by atoms with van der Waals surface area (Å²) in [7, 11) is 0. The monoisotopic (exact) mass is 484 g/mol. The summed E-state index contributed by atoms with van der Waals surface area (Å²) in [6.45, 7) is -1.20. The maximum Gasteiger partial charge on any atom is 0.186 e. The second kappa shape index (κ2) is 11.0.